The summed E-state index contributed by atoms with van der Waals surface area (Å²) in [4.78, 5) is 1.22. The van der Waals surface area contributed by atoms with Crippen LogP contribution in [0.4, 0.5) is 37.7 Å². The van der Waals surface area contributed by atoms with Crippen molar-refractivity contribution in [3.05, 3.63) is 89.6 Å². The lowest BCUT2D eigenvalue weighted by molar-refractivity contribution is -0.480. The average Bonchev–Trinajstić information content (AvgIpc) is 3.21. The molecule has 41 heavy (non-hydrogen) atoms. The lowest BCUT2D eigenvalue weighted by Crippen LogP contribution is -2.34. The number of benzene rings is 3. The van der Waals surface area contributed by atoms with Gasteiger partial charge in [-0.1, -0.05) is 44.2 Å². The monoisotopic (exact) mass is 573 g/mol. The fraction of sp³-hybridized carbons (Fsp3) is 0.344. The van der Waals surface area contributed by atoms with Crippen LogP contribution >= 0.6 is 0 Å². The number of allylic oxidation sites excluding steroid dienone is 4. The van der Waals surface area contributed by atoms with E-state index in [2.05, 4.69) is 0 Å². The molecule has 2 heterocycles. The Kier molecular flexibility index (Phi) is 6.78. The van der Waals surface area contributed by atoms with Gasteiger partial charge in [-0.25, -0.2) is 0 Å². The summed E-state index contributed by atoms with van der Waals surface area (Å²) in [5, 5.41) is 1.78. The zero-order valence-corrected chi connectivity index (χ0v) is 23.4. The lowest BCUT2D eigenvalue weighted by atomic mass is 9.79. The summed E-state index contributed by atoms with van der Waals surface area (Å²) < 4.78 is 89.1. The number of ether oxygens (including phenoxy) is 1. The number of alkyl halides is 6. The molecule has 2 aliphatic rings. The fourth-order valence-electron chi connectivity index (χ4n) is 6.25. The van der Waals surface area contributed by atoms with Gasteiger partial charge in [-0.2, -0.15) is 30.9 Å². The molecule has 0 saturated carbocycles. The molecule has 9 heteroatoms. The minimum absolute atomic E-state index is 0.385. The van der Waals surface area contributed by atoms with Crippen molar-refractivity contribution >= 4 is 27.9 Å². The summed E-state index contributed by atoms with van der Waals surface area (Å²) in [5.41, 5.74) is 1.52. The van der Waals surface area contributed by atoms with Gasteiger partial charge in [0.1, 0.15) is 12.3 Å². The average molecular weight is 574 g/mol. The minimum Gasteiger partial charge on any atom is -0.497 e. The molecule has 0 unspecified atom stereocenters. The smallest absolute Gasteiger partial charge is 0.448 e. The highest BCUT2D eigenvalue weighted by Gasteiger charge is 2.49. The SMILES string of the molecule is COc1ccc2c(c1)C(C)(C)/C(=C/C=C/C1=[N+](CC(F)(F)F)c3ccc4ccccc4c3C1(C)C)N2CC(F)(F)F. The Labute approximate surface area is 235 Å². The highest BCUT2D eigenvalue weighted by Crippen LogP contribution is 2.50. The summed E-state index contributed by atoms with van der Waals surface area (Å²) in [6.45, 7) is 5.01. The van der Waals surface area contributed by atoms with E-state index >= 15 is 0 Å². The molecule has 0 bridgehead atoms. The Morgan fingerprint density at radius 2 is 1.59 bits per heavy atom. The molecule has 5 rings (SSSR count). The van der Waals surface area contributed by atoms with Crippen LogP contribution in [-0.2, 0) is 10.8 Å². The van der Waals surface area contributed by atoms with Gasteiger partial charge in [0.2, 0.25) is 12.2 Å². The van der Waals surface area contributed by atoms with E-state index in [1.165, 1.54) is 16.6 Å². The Bertz CT molecular complexity index is 1610. The standard InChI is InChI=1S/C32H31F6N2O/c1-29(2)23-17-21(41-5)14-16-24(23)39(18-31(33,34)35)26(29)11-8-12-27-30(3,4)28-22-10-7-6-9-20(22)13-15-25(28)40(27)19-32(36,37)38/h6-17H,18-19H2,1-5H3/q+1. The first-order valence-corrected chi connectivity index (χ1v) is 13.2. The highest BCUT2D eigenvalue weighted by atomic mass is 19.4. The van der Waals surface area contributed by atoms with E-state index in [0.717, 1.165) is 16.3 Å². The van der Waals surface area contributed by atoms with Gasteiger partial charge in [0, 0.05) is 34.5 Å². The second-order valence-electron chi connectivity index (χ2n) is 11.5. The maximum atomic E-state index is 13.8. The Morgan fingerprint density at radius 3 is 2.24 bits per heavy atom. The normalized spacial score (nSPS) is 19.0. The van der Waals surface area contributed by atoms with Crippen LogP contribution in [0.25, 0.3) is 10.8 Å². The molecule has 0 aliphatic carbocycles. The summed E-state index contributed by atoms with van der Waals surface area (Å²) >= 11 is 0. The molecular weight excluding hydrogens is 542 g/mol. The third-order valence-electron chi connectivity index (χ3n) is 8.04. The third kappa shape index (κ3) is 5.11. The second kappa shape index (κ2) is 9.67. The van der Waals surface area contributed by atoms with Crippen molar-refractivity contribution in [2.75, 3.05) is 25.1 Å². The quantitative estimate of drug-likeness (QED) is 0.224. The summed E-state index contributed by atoms with van der Waals surface area (Å²) in [5.74, 6) is 0.525. The molecule has 2 aliphatic heterocycles. The predicted octanol–water partition coefficient (Wildman–Crippen LogP) is 8.59. The molecule has 0 aromatic heterocycles. The van der Waals surface area contributed by atoms with Crippen molar-refractivity contribution in [1.29, 1.82) is 0 Å². The summed E-state index contributed by atoms with van der Waals surface area (Å²) in [6, 6.07) is 16.0. The largest absolute Gasteiger partial charge is 0.497 e. The summed E-state index contributed by atoms with van der Waals surface area (Å²) in [7, 11) is 1.49. The maximum Gasteiger partial charge on any atom is 0.448 e. The van der Waals surface area contributed by atoms with E-state index in [4.69, 9.17) is 4.74 Å². The summed E-state index contributed by atoms with van der Waals surface area (Å²) in [6.07, 6.45) is -4.21. The van der Waals surface area contributed by atoms with Crippen LogP contribution in [0, 0.1) is 0 Å². The van der Waals surface area contributed by atoms with Crippen molar-refractivity contribution in [2.45, 2.75) is 50.9 Å². The van der Waals surface area contributed by atoms with E-state index < -0.39 is 36.3 Å². The van der Waals surface area contributed by atoms with Crippen LogP contribution < -0.4 is 9.64 Å². The third-order valence-corrected chi connectivity index (χ3v) is 8.04. The number of anilines is 1. The minimum atomic E-state index is -4.48. The predicted molar refractivity (Wildman–Crippen MR) is 149 cm³/mol. The molecule has 3 nitrogen and oxygen atoms in total. The number of methoxy groups -OCH3 is 1. The molecule has 0 amide bonds. The Balaban J connectivity index is 1.64. The molecule has 3 aromatic rings. The van der Waals surface area contributed by atoms with Gasteiger partial charge >= 0.3 is 12.4 Å². The van der Waals surface area contributed by atoms with Gasteiger partial charge in [0.05, 0.1) is 12.5 Å². The van der Waals surface area contributed by atoms with Gasteiger partial charge in [0.15, 0.2) is 5.71 Å². The molecule has 0 atom stereocenters. The molecule has 0 saturated heterocycles. The second-order valence-corrected chi connectivity index (χ2v) is 11.5. The van der Waals surface area contributed by atoms with Crippen LogP contribution in [0.15, 0.2) is 78.5 Å². The topological polar surface area (TPSA) is 15.5 Å². The van der Waals surface area contributed by atoms with Crippen molar-refractivity contribution in [2.24, 2.45) is 0 Å². The molecule has 0 fully saturated rings. The Morgan fingerprint density at radius 1 is 0.878 bits per heavy atom. The van der Waals surface area contributed by atoms with E-state index in [0.29, 0.717) is 34.1 Å². The number of fused-ring (bicyclic) bond motifs is 4. The van der Waals surface area contributed by atoms with Crippen molar-refractivity contribution in [3.63, 3.8) is 0 Å². The van der Waals surface area contributed by atoms with Gasteiger partial charge in [-0.3, -0.25) is 0 Å². The molecule has 216 valence electrons. The zero-order chi connectivity index (χ0) is 30.0. The number of hydrogen-bond acceptors (Lipinski definition) is 2. The van der Waals surface area contributed by atoms with Gasteiger partial charge < -0.3 is 9.64 Å². The number of halogens is 6. The molecular formula is C32H31F6N2O+. The van der Waals surface area contributed by atoms with Crippen LogP contribution in [0.3, 0.4) is 0 Å². The Hall–Kier alpha value is -3.75. The van der Waals surface area contributed by atoms with E-state index in [1.54, 1.807) is 42.5 Å². The van der Waals surface area contributed by atoms with Crippen LogP contribution in [0.5, 0.6) is 5.75 Å². The molecule has 0 radical (unpaired) electrons. The van der Waals surface area contributed by atoms with Crippen molar-refractivity contribution in [3.8, 4) is 5.75 Å². The first-order chi connectivity index (χ1) is 19.0. The van der Waals surface area contributed by atoms with Crippen LogP contribution in [-0.4, -0.2) is 42.8 Å². The molecule has 3 aromatic carbocycles. The van der Waals surface area contributed by atoms with Crippen LogP contribution in [0.2, 0.25) is 0 Å². The lowest BCUT2D eigenvalue weighted by Gasteiger charge is -2.27. The fourth-order valence-corrected chi connectivity index (χ4v) is 6.25. The van der Waals surface area contributed by atoms with E-state index in [9.17, 15) is 26.3 Å². The van der Waals surface area contributed by atoms with Crippen molar-refractivity contribution < 1.29 is 35.7 Å². The number of hydrogen-bond donors (Lipinski definition) is 0. The van der Waals surface area contributed by atoms with Gasteiger partial charge in [-0.15, -0.1) is 0 Å². The van der Waals surface area contributed by atoms with Crippen LogP contribution in [0.1, 0.15) is 38.8 Å². The van der Waals surface area contributed by atoms with Gasteiger partial charge in [0.25, 0.3) is 0 Å². The molecule has 0 spiro atoms. The molecule has 0 N–H and O–H groups in total. The first kappa shape index (κ1) is 28.8. The van der Waals surface area contributed by atoms with Gasteiger partial charge in [-0.05, 0) is 60.5 Å². The van der Waals surface area contributed by atoms with Crippen molar-refractivity contribution in [1.82, 2.24) is 0 Å². The highest BCUT2D eigenvalue weighted by molar-refractivity contribution is 6.07. The number of nitrogens with zero attached hydrogens (tertiary/aromatic N) is 2. The maximum absolute atomic E-state index is 13.8. The van der Waals surface area contributed by atoms with E-state index in [1.807, 2.05) is 58.0 Å². The first-order valence-electron chi connectivity index (χ1n) is 13.2. The number of rotatable bonds is 5. The van der Waals surface area contributed by atoms with E-state index in [-0.39, 0.29) is 0 Å². The zero-order valence-electron chi connectivity index (χ0n) is 23.4.